The van der Waals surface area contributed by atoms with Gasteiger partial charge in [-0.25, -0.2) is 0 Å². The summed E-state index contributed by atoms with van der Waals surface area (Å²) >= 11 is 0. The fourth-order valence-electron chi connectivity index (χ4n) is 1.99. The van der Waals surface area contributed by atoms with E-state index in [2.05, 4.69) is 50.1 Å². The van der Waals surface area contributed by atoms with Crippen molar-refractivity contribution in [1.82, 2.24) is 10.3 Å². The molecule has 20 heavy (non-hydrogen) atoms. The topological polar surface area (TPSA) is 43.4 Å². The molecule has 2 rings (SSSR count). The Bertz CT molecular complexity index is 484. The van der Waals surface area contributed by atoms with Gasteiger partial charge < -0.3 is 14.6 Å². The number of likely N-dealkylation sites (N-methyl/N-ethyl adjacent to an activating group) is 1. The molecule has 0 saturated carbocycles. The summed E-state index contributed by atoms with van der Waals surface area (Å²) in [4.78, 5) is 4.27. The average Bonchev–Trinajstić information content (AvgIpc) is 2.59. The molecule has 0 bridgehead atoms. The van der Waals surface area contributed by atoms with Crippen LogP contribution in [0.5, 0.6) is 0 Å². The molecule has 0 aromatic carbocycles. The van der Waals surface area contributed by atoms with Gasteiger partial charge in [0.25, 0.3) is 0 Å². The Morgan fingerprint density at radius 2 is 1.85 bits per heavy atom. The van der Waals surface area contributed by atoms with Crippen molar-refractivity contribution in [2.75, 3.05) is 13.6 Å². The average molecular weight is 274 g/mol. The standard InChI is InChI=1S/C15H23BN2O2/c1-14(2)15(3,4)20-16(19-14)13-9-12(10-18-11-13)7-6-8-17-5/h6-7,9-11,17H,8H2,1-5H3. The number of hydrogen-bond donors (Lipinski definition) is 1. The highest BCUT2D eigenvalue weighted by atomic mass is 16.7. The zero-order valence-electron chi connectivity index (χ0n) is 12.9. The molecule has 1 aromatic heterocycles. The first-order valence-electron chi connectivity index (χ1n) is 6.97. The molecule has 1 aromatic rings. The van der Waals surface area contributed by atoms with Gasteiger partial charge in [-0.05, 0) is 40.3 Å². The first kappa shape index (κ1) is 15.2. The Morgan fingerprint density at radius 1 is 1.20 bits per heavy atom. The van der Waals surface area contributed by atoms with Crippen molar-refractivity contribution in [3.05, 3.63) is 30.1 Å². The summed E-state index contributed by atoms with van der Waals surface area (Å²) in [5.41, 5.74) is 1.35. The second kappa shape index (κ2) is 5.68. The summed E-state index contributed by atoms with van der Waals surface area (Å²) in [5, 5.41) is 3.07. The second-order valence-electron chi connectivity index (χ2n) is 6.10. The van der Waals surface area contributed by atoms with Crippen LogP contribution >= 0.6 is 0 Å². The van der Waals surface area contributed by atoms with Crippen LogP contribution in [-0.4, -0.2) is 36.9 Å². The van der Waals surface area contributed by atoms with E-state index in [1.165, 1.54) is 0 Å². The van der Waals surface area contributed by atoms with Gasteiger partial charge >= 0.3 is 7.12 Å². The lowest BCUT2D eigenvalue weighted by atomic mass is 9.80. The van der Waals surface area contributed by atoms with Crippen LogP contribution in [0.2, 0.25) is 0 Å². The predicted molar refractivity (Wildman–Crippen MR) is 82.9 cm³/mol. The molecule has 0 atom stereocenters. The van der Waals surface area contributed by atoms with E-state index in [0.717, 1.165) is 17.6 Å². The molecule has 4 nitrogen and oxygen atoms in total. The van der Waals surface area contributed by atoms with E-state index in [1.54, 1.807) is 6.20 Å². The number of hydrogen-bond acceptors (Lipinski definition) is 4. The van der Waals surface area contributed by atoms with Gasteiger partial charge in [-0.1, -0.05) is 18.2 Å². The molecule has 1 saturated heterocycles. The summed E-state index contributed by atoms with van der Waals surface area (Å²) in [7, 11) is 1.56. The normalized spacial score (nSPS) is 20.8. The third-order valence-electron chi connectivity index (χ3n) is 3.94. The Kier molecular flexibility index (Phi) is 4.32. The summed E-state index contributed by atoms with van der Waals surface area (Å²) < 4.78 is 12.1. The lowest BCUT2D eigenvalue weighted by Crippen LogP contribution is -2.41. The zero-order chi connectivity index (χ0) is 14.8. The van der Waals surface area contributed by atoms with Gasteiger partial charge in [-0.3, -0.25) is 4.98 Å². The molecule has 0 spiro atoms. The summed E-state index contributed by atoms with van der Waals surface area (Å²) in [6.45, 7) is 9.04. The highest BCUT2D eigenvalue weighted by Crippen LogP contribution is 2.36. The molecule has 2 heterocycles. The zero-order valence-corrected chi connectivity index (χ0v) is 12.9. The van der Waals surface area contributed by atoms with Gasteiger partial charge in [-0.15, -0.1) is 0 Å². The van der Waals surface area contributed by atoms with E-state index in [4.69, 9.17) is 9.31 Å². The fourth-order valence-corrected chi connectivity index (χ4v) is 1.99. The van der Waals surface area contributed by atoms with Crippen LogP contribution in [0.3, 0.4) is 0 Å². The molecule has 108 valence electrons. The van der Waals surface area contributed by atoms with Gasteiger partial charge in [0.05, 0.1) is 11.2 Å². The predicted octanol–water partition coefficient (Wildman–Crippen LogP) is 1.61. The molecule has 0 amide bonds. The maximum absolute atomic E-state index is 6.03. The van der Waals surface area contributed by atoms with Crippen LogP contribution in [0.25, 0.3) is 6.08 Å². The minimum absolute atomic E-state index is 0.324. The van der Waals surface area contributed by atoms with Crippen LogP contribution in [0.1, 0.15) is 33.3 Å². The van der Waals surface area contributed by atoms with Crippen molar-refractivity contribution in [1.29, 1.82) is 0 Å². The Morgan fingerprint density at radius 3 is 2.45 bits per heavy atom. The smallest absolute Gasteiger partial charge is 0.399 e. The van der Waals surface area contributed by atoms with Crippen molar-refractivity contribution in [3.8, 4) is 0 Å². The number of aromatic nitrogens is 1. The SMILES string of the molecule is CNCC=Cc1cncc(B2OC(C)(C)C(C)(C)O2)c1. The van der Waals surface area contributed by atoms with Crippen molar-refractivity contribution in [2.45, 2.75) is 38.9 Å². The molecule has 0 radical (unpaired) electrons. The van der Waals surface area contributed by atoms with E-state index in [9.17, 15) is 0 Å². The van der Waals surface area contributed by atoms with Crippen LogP contribution in [0, 0.1) is 0 Å². The fraction of sp³-hybridized carbons (Fsp3) is 0.533. The molecule has 1 aliphatic heterocycles. The Hall–Kier alpha value is -1.17. The van der Waals surface area contributed by atoms with E-state index in [1.807, 2.05) is 19.3 Å². The van der Waals surface area contributed by atoms with Gasteiger partial charge in [0, 0.05) is 24.4 Å². The first-order chi connectivity index (χ1) is 9.36. The molecular formula is C15H23BN2O2. The summed E-state index contributed by atoms with van der Waals surface area (Å²) in [6.07, 6.45) is 7.74. The van der Waals surface area contributed by atoms with Crippen LogP contribution in [0.4, 0.5) is 0 Å². The van der Waals surface area contributed by atoms with E-state index in [0.29, 0.717) is 0 Å². The molecule has 0 aliphatic carbocycles. The second-order valence-corrected chi connectivity index (χ2v) is 6.10. The first-order valence-corrected chi connectivity index (χ1v) is 6.97. The van der Waals surface area contributed by atoms with Crippen LogP contribution in [0.15, 0.2) is 24.5 Å². The van der Waals surface area contributed by atoms with E-state index >= 15 is 0 Å². The van der Waals surface area contributed by atoms with Crippen molar-refractivity contribution in [3.63, 3.8) is 0 Å². The van der Waals surface area contributed by atoms with Crippen LogP contribution in [-0.2, 0) is 9.31 Å². The minimum atomic E-state index is -0.356. The largest absolute Gasteiger partial charge is 0.496 e. The number of nitrogens with one attached hydrogen (secondary N) is 1. The van der Waals surface area contributed by atoms with Gasteiger partial charge in [0.2, 0.25) is 0 Å². The number of pyridine rings is 1. The highest BCUT2D eigenvalue weighted by Gasteiger charge is 2.51. The molecule has 1 N–H and O–H groups in total. The highest BCUT2D eigenvalue weighted by molar-refractivity contribution is 6.62. The lowest BCUT2D eigenvalue weighted by molar-refractivity contribution is 0.00578. The number of nitrogens with zero attached hydrogens (tertiary/aromatic N) is 1. The van der Waals surface area contributed by atoms with Crippen molar-refractivity contribution < 1.29 is 9.31 Å². The van der Waals surface area contributed by atoms with Crippen LogP contribution < -0.4 is 10.8 Å². The van der Waals surface area contributed by atoms with E-state index in [-0.39, 0.29) is 18.3 Å². The van der Waals surface area contributed by atoms with E-state index < -0.39 is 0 Å². The molecule has 1 fully saturated rings. The summed E-state index contributed by atoms with van der Waals surface area (Å²) in [5.74, 6) is 0. The van der Waals surface area contributed by atoms with Gasteiger partial charge in [0.1, 0.15) is 0 Å². The monoisotopic (exact) mass is 274 g/mol. The van der Waals surface area contributed by atoms with Gasteiger partial charge in [-0.2, -0.15) is 0 Å². The maximum Gasteiger partial charge on any atom is 0.496 e. The van der Waals surface area contributed by atoms with Gasteiger partial charge in [0.15, 0.2) is 0 Å². The summed E-state index contributed by atoms with van der Waals surface area (Å²) in [6, 6.07) is 2.06. The molecule has 1 aliphatic rings. The maximum atomic E-state index is 6.03. The van der Waals surface area contributed by atoms with Crippen molar-refractivity contribution in [2.24, 2.45) is 0 Å². The molecule has 0 unspecified atom stereocenters. The molecular weight excluding hydrogens is 251 g/mol. The number of rotatable bonds is 4. The Labute approximate surface area is 121 Å². The third-order valence-corrected chi connectivity index (χ3v) is 3.94. The lowest BCUT2D eigenvalue weighted by Gasteiger charge is -2.32. The third kappa shape index (κ3) is 3.11. The Balaban J connectivity index is 2.17. The minimum Gasteiger partial charge on any atom is -0.399 e. The molecule has 5 heteroatoms. The van der Waals surface area contributed by atoms with Crippen molar-refractivity contribution >= 4 is 18.7 Å². The quantitative estimate of drug-likeness (QED) is 0.847.